The summed E-state index contributed by atoms with van der Waals surface area (Å²) in [5.41, 5.74) is 0.858. The van der Waals surface area contributed by atoms with Crippen LogP contribution < -0.4 is 0 Å². The Kier molecular flexibility index (Phi) is 6.04. The van der Waals surface area contributed by atoms with Crippen LogP contribution in [0.2, 0.25) is 0 Å². The van der Waals surface area contributed by atoms with E-state index in [-0.39, 0.29) is 17.6 Å². The summed E-state index contributed by atoms with van der Waals surface area (Å²) in [5, 5.41) is 0. The number of ether oxygens (including phenoxy) is 2. The Morgan fingerprint density at radius 1 is 1.48 bits per heavy atom. The molecule has 0 saturated carbocycles. The fourth-order valence-corrected chi connectivity index (χ4v) is 3.92. The molecule has 0 aliphatic carbocycles. The minimum absolute atomic E-state index is 0.0149. The van der Waals surface area contributed by atoms with Gasteiger partial charge in [-0.3, -0.25) is 9.78 Å². The molecule has 0 aromatic carbocycles. The highest BCUT2D eigenvalue weighted by molar-refractivity contribution is 5.76. The number of amides is 1. The zero-order valence-electron chi connectivity index (χ0n) is 15.3. The minimum Gasteiger partial charge on any atom is -0.377 e. The first-order valence-electron chi connectivity index (χ1n) is 9.16. The van der Waals surface area contributed by atoms with Crippen molar-refractivity contribution in [3.63, 3.8) is 0 Å². The number of aromatic nitrogens is 1. The van der Waals surface area contributed by atoms with Crippen LogP contribution in [-0.2, 0) is 20.8 Å². The van der Waals surface area contributed by atoms with E-state index in [0.29, 0.717) is 13.0 Å². The summed E-state index contributed by atoms with van der Waals surface area (Å²) < 4.78 is 11.7. The molecule has 0 N–H and O–H groups in total. The van der Waals surface area contributed by atoms with Crippen molar-refractivity contribution in [2.75, 3.05) is 40.4 Å². The highest BCUT2D eigenvalue weighted by Gasteiger charge is 2.47. The number of nitrogens with zero attached hydrogens (tertiary/aromatic N) is 3. The maximum Gasteiger partial charge on any atom is 0.223 e. The Balaban J connectivity index is 1.47. The van der Waals surface area contributed by atoms with Gasteiger partial charge in [-0.2, -0.15) is 0 Å². The van der Waals surface area contributed by atoms with Gasteiger partial charge in [-0.15, -0.1) is 0 Å². The molecule has 6 nitrogen and oxygen atoms in total. The van der Waals surface area contributed by atoms with Crippen LogP contribution in [-0.4, -0.2) is 72.8 Å². The lowest BCUT2D eigenvalue weighted by Gasteiger charge is -2.44. The maximum atomic E-state index is 12.6. The minimum atomic E-state index is -0.165. The quantitative estimate of drug-likeness (QED) is 0.784. The number of carbonyl (C=O) groups excluding carboxylic acids is 1. The zero-order valence-corrected chi connectivity index (χ0v) is 15.3. The molecule has 138 valence electrons. The van der Waals surface area contributed by atoms with Gasteiger partial charge in [0.2, 0.25) is 5.91 Å². The summed E-state index contributed by atoms with van der Waals surface area (Å²) in [7, 11) is 3.75. The van der Waals surface area contributed by atoms with E-state index in [1.807, 2.05) is 30.1 Å². The molecule has 0 radical (unpaired) electrons. The second-order valence-corrected chi connectivity index (χ2v) is 7.14. The fourth-order valence-electron chi connectivity index (χ4n) is 3.92. The lowest BCUT2D eigenvalue weighted by atomic mass is 9.85. The van der Waals surface area contributed by atoms with Gasteiger partial charge in [0, 0.05) is 52.5 Å². The third-order valence-corrected chi connectivity index (χ3v) is 5.41. The van der Waals surface area contributed by atoms with Gasteiger partial charge in [-0.05, 0) is 38.4 Å². The largest absolute Gasteiger partial charge is 0.377 e. The summed E-state index contributed by atoms with van der Waals surface area (Å²) in [6, 6.07) is 5.91. The summed E-state index contributed by atoms with van der Waals surface area (Å²) >= 11 is 0. The van der Waals surface area contributed by atoms with E-state index >= 15 is 0 Å². The van der Waals surface area contributed by atoms with Crippen LogP contribution in [0, 0.1) is 0 Å². The molecule has 1 spiro atoms. The molecule has 2 aliphatic heterocycles. The average molecular weight is 347 g/mol. The normalized spacial score (nSPS) is 26.5. The first-order chi connectivity index (χ1) is 12.1. The predicted octanol–water partition coefficient (Wildman–Crippen LogP) is 1.70. The molecular formula is C19H29N3O3. The lowest BCUT2D eigenvalue weighted by molar-refractivity contribution is -0.158. The van der Waals surface area contributed by atoms with Gasteiger partial charge in [0.05, 0.1) is 11.3 Å². The van der Waals surface area contributed by atoms with Crippen LogP contribution in [0.25, 0.3) is 0 Å². The Morgan fingerprint density at radius 2 is 2.36 bits per heavy atom. The molecule has 0 unspecified atom stereocenters. The SMILES string of the molecule is CO[C@H]1CN(C(=O)CCN(C)Cc2ccccn2)CC[C@@]12CCCO2. The Labute approximate surface area is 150 Å². The highest BCUT2D eigenvalue weighted by atomic mass is 16.5. The van der Waals surface area contributed by atoms with Gasteiger partial charge in [0.25, 0.3) is 0 Å². The van der Waals surface area contributed by atoms with Gasteiger partial charge in [0.15, 0.2) is 0 Å². The standard InChI is InChI=1S/C19H29N3O3/c1-21(14-16-6-3-4-10-20-16)11-7-18(23)22-12-9-19(8-5-13-25-19)17(15-22)24-2/h3-4,6,10,17H,5,7-9,11-15H2,1-2H3/t17-,19-/m0/s1. The molecule has 1 aromatic heterocycles. The van der Waals surface area contributed by atoms with Crippen molar-refractivity contribution < 1.29 is 14.3 Å². The van der Waals surface area contributed by atoms with Crippen LogP contribution in [0.1, 0.15) is 31.4 Å². The Hall–Kier alpha value is -1.50. The summed E-state index contributed by atoms with van der Waals surface area (Å²) in [5.74, 6) is 0.197. The van der Waals surface area contributed by atoms with E-state index in [9.17, 15) is 4.79 Å². The predicted molar refractivity (Wildman–Crippen MR) is 95.1 cm³/mol. The molecule has 25 heavy (non-hydrogen) atoms. The van der Waals surface area contributed by atoms with Gasteiger partial charge in [0.1, 0.15) is 6.10 Å². The fraction of sp³-hybridized carbons (Fsp3) is 0.684. The van der Waals surface area contributed by atoms with Gasteiger partial charge >= 0.3 is 0 Å². The first kappa shape index (κ1) is 18.3. The molecular weight excluding hydrogens is 318 g/mol. The number of hydrogen-bond acceptors (Lipinski definition) is 5. The van der Waals surface area contributed by atoms with Crippen molar-refractivity contribution >= 4 is 5.91 Å². The Morgan fingerprint density at radius 3 is 3.04 bits per heavy atom. The number of pyridine rings is 1. The van der Waals surface area contributed by atoms with Crippen molar-refractivity contribution in [2.24, 2.45) is 0 Å². The van der Waals surface area contributed by atoms with E-state index < -0.39 is 0 Å². The van der Waals surface area contributed by atoms with E-state index in [1.165, 1.54) is 0 Å². The van der Waals surface area contributed by atoms with Crippen LogP contribution in [0.15, 0.2) is 24.4 Å². The van der Waals surface area contributed by atoms with Crippen molar-refractivity contribution in [3.8, 4) is 0 Å². The molecule has 3 rings (SSSR count). The lowest BCUT2D eigenvalue weighted by Crippen LogP contribution is -2.57. The van der Waals surface area contributed by atoms with Crippen molar-refractivity contribution in [1.29, 1.82) is 0 Å². The zero-order chi connectivity index (χ0) is 17.7. The van der Waals surface area contributed by atoms with E-state index in [1.54, 1.807) is 13.3 Å². The van der Waals surface area contributed by atoms with Crippen molar-refractivity contribution in [1.82, 2.24) is 14.8 Å². The van der Waals surface area contributed by atoms with E-state index in [4.69, 9.17) is 9.47 Å². The van der Waals surface area contributed by atoms with Crippen LogP contribution in [0.4, 0.5) is 0 Å². The second-order valence-electron chi connectivity index (χ2n) is 7.14. The molecule has 6 heteroatoms. The third-order valence-electron chi connectivity index (χ3n) is 5.41. The van der Waals surface area contributed by atoms with Gasteiger partial charge in [-0.25, -0.2) is 0 Å². The van der Waals surface area contributed by atoms with Crippen LogP contribution in [0.5, 0.6) is 0 Å². The van der Waals surface area contributed by atoms with E-state index in [2.05, 4.69) is 9.88 Å². The number of rotatable bonds is 6. The molecule has 1 aromatic rings. The number of carbonyl (C=O) groups is 1. The summed E-state index contributed by atoms with van der Waals surface area (Å²) in [6.45, 7) is 3.70. The van der Waals surface area contributed by atoms with Crippen LogP contribution in [0.3, 0.4) is 0 Å². The third kappa shape index (κ3) is 4.37. The topological polar surface area (TPSA) is 54.9 Å². The maximum absolute atomic E-state index is 12.6. The molecule has 2 atom stereocenters. The number of methoxy groups -OCH3 is 1. The van der Waals surface area contributed by atoms with Crippen molar-refractivity contribution in [3.05, 3.63) is 30.1 Å². The average Bonchev–Trinajstić information content (AvgIpc) is 3.10. The smallest absolute Gasteiger partial charge is 0.223 e. The first-order valence-corrected chi connectivity index (χ1v) is 9.16. The van der Waals surface area contributed by atoms with Gasteiger partial charge < -0.3 is 19.3 Å². The molecule has 2 fully saturated rings. The number of piperidine rings is 1. The van der Waals surface area contributed by atoms with Crippen molar-refractivity contribution in [2.45, 2.75) is 43.9 Å². The molecule has 1 amide bonds. The summed E-state index contributed by atoms with van der Waals surface area (Å²) in [6.07, 6.45) is 5.31. The monoisotopic (exact) mass is 347 g/mol. The number of hydrogen-bond donors (Lipinski definition) is 0. The molecule has 2 saturated heterocycles. The number of likely N-dealkylation sites (tertiary alicyclic amines) is 1. The van der Waals surface area contributed by atoms with Gasteiger partial charge in [-0.1, -0.05) is 6.07 Å². The Bertz CT molecular complexity index is 560. The highest BCUT2D eigenvalue weighted by Crippen LogP contribution is 2.37. The van der Waals surface area contributed by atoms with Crippen LogP contribution >= 0.6 is 0 Å². The molecule has 2 aliphatic rings. The second kappa shape index (κ2) is 8.25. The molecule has 0 bridgehead atoms. The molecule has 3 heterocycles. The van der Waals surface area contributed by atoms with E-state index in [0.717, 1.165) is 51.2 Å². The summed E-state index contributed by atoms with van der Waals surface area (Å²) in [4.78, 5) is 21.0.